The summed E-state index contributed by atoms with van der Waals surface area (Å²) in [6, 6.07) is 8.51. The van der Waals surface area contributed by atoms with Crippen LogP contribution in [-0.4, -0.2) is 31.6 Å². The Kier molecular flexibility index (Phi) is 6.01. The van der Waals surface area contributed by atoms with Crippen LogP contribution >= 0.6 is 0 Å². The largest absolute Gasteiger partial charge is 0.494 e. The van der Waals surface area contributed by atoms with E-state index in [0.29, 0.717) is 6.54 Å². The van der Waals surface area contributed by atoms with Gasteiger partial charge in [0.1, 0.15) is 5.75 Å². The van der Waals surface area contributed by atoms with Crippen LogP contribution in [0, 0.1) is 0 Å². The molecular formula is C14H24N2O. The summed E-state index contributed by atoms with van der Waals surface area (Å²) >= 11 is 0. The first-order valence-corrected chi connectivity index (χ1v) is 6.36. The van der Waals surface area contributed by atoms with E-state index in [0.717, 1.165) is 25.3 Å². The van der Waals surface area contributed by atoms with Crippen molar-refractivity contribution < 1.29 is 4.74 Å². The molecule has 0 bridgehead atoms. The van der Waals surface area contributed by atoms with Crippen molar-refractivity contribution in [1.82, 2.24) is 4.90 Å². The number of rotatable bonds is 7. The van der Waals surface area contributed by atoms with Gasteiger partial charge in [0, 0.05) is 12.6 Å². The van der Waals surface area contributed by atoms with E-state index >= 15 is 0 Å². The average molecular weight is 236 g/mol. The van der Waals surface area contributed by atoms with E-state index in [1.165, 1.54) is 5.56 Å². The highest BCUT2D eigenvalue weighted by Crippen LogP contribution is 2.22. The second-order valence-electron chi connectivity index (χ2n) is 4.25. The molecule has 0 saturated carbocycles. The van der Waals surface area contributed by atoms with Crippen molar-refractivity contribution in [2.24, 2.45) is 5.73 Å². The van der Waals surface area contributed by atoms with Crippen molar-refractivity contribution in [1.29, 1.82) is 0 Å². The average Bonchev–Trinajstić information content (AvgIpc) is 2.37. The van der Waals surface area contributed by atoms with Gasteiger partial charge in [-0.1, -0.05) is 26.0 Å². The molecule has 1 atom stereocenters. The molecular weight excluding hydrogens is 212 g/mol. The number of nitrogens with two attached hydrogens (primary N) is 1. The minimum Gasteiger partial charge on any atom is -0.494 e. The van der Waals surface area contributed by atoms with Crippen LogP contribution in [0.25, 0.3) is 0 Å². The van der Waals surface area contributed by atoms with Gasteiger partial charge in [0.2, 0.25) is 0 Å². The number of benzene rings is 1. The highest BCUT2D eigenvalue weighted by atomic mass is 16.5. The molecule has 0 spiro atoms. The molecule has 0 aliphatic heterocycles. The van der Waals surface area contributed by atoms with E-state index in [1.54, 1.807) is 0 Å². The molecule has 1 rings (SSSR count). The standard InChI is InChI=1S/C14H24N2O/c1-4-9-17-13-8-6-7-12(10-13)14(11-15)16(3)5-2/h6-8,10,14H,4-5,9,11,15H2,1-3H3. The molecule has 3 nitrogen and oxygen atoms in total. The van der Waals surface area contributed by atoms with Gasteiger partial charge in [-0.15, -0.1) is 0 Å². The summed E-state index contributed by atoms with van der Waals surface area (Å²) in [5.74, 6) is 0.937. The van der Waals surface area contributed by atoms with E-state index in [4.69, 9.17) is 10.5 Å². The van der Waals surface area contributed by atoms with Crippen molar-refractivity contribution in [2.45, 2.75) is 26.3 Å². The van der Waals surface area contributed by atoms with E-state index in [2.05, 4.69) is 37.9 Å². The minimum absolute atomic E-state index is 0.269. The highest BCUT2D eigenvalue weighted by molar-refractivity contribution is 5.30. The molecule has 17 heavy (non-hydrogen) atoms. The van der Waals surface area contributed by atoms with Gasteiger partial charge in [-0.2, -0.15) is 0 Å². The molecule has 0 aliphatic carbocycles. The van der Waals surface area contributed by atoms with Crippen molar-refractivity contribution in [3.8, 4) is 5.75 Å². The SMILES string of the molecule is CCCOc1cccc(C(CN)N(C)CC)c1. The lowest BCUT2D eigenvalue weighted by atomic mass is 10.1. The molecule has 96 valence electrons. The Hall–Kier alpha value is -1.06. The van der Waals surface area contributed by atoms with Crippen molar-refractivity contribution in [3.63, 3.8) is 0 Å². The zero-order valence-corrected chi connectivity index (χ0v) is 11.1. The van der Waals surface area contributed by atoms with Gasteiger partial charge < -0.3 is 10.5 Å². The van der Waals surface area contributed by atoms with Gasteiger partial charge in [-0.05, 0) is 37.7 Å². The number of likely N-dealkylation sites (N-methyl/N-ethyl adjacent to an activating group) is 1. The van der Waals surface area contributed by atoms with Gasteiger partial charge in [-0.3, -0.25) is 4.90 Å². The zero-order valence-electron chi connectivity index (χ0n) is 11.1. The molecule has 2 N–H and O–H groups in total. The van der Waals surface area contributed by atoms with E-state index in [1.807, 2.05) is 12.1 Å². The lowest BCUT2D eigenvalue weighted by Crippen LogP contribution is -2.30. The second kappa shape index (κ2) is 7.30. The number of nitrogens with zero attached hydrogens (tertiary/aromatic N) is 1. The van der Waals surface area contributed by atoms with E-state index in [-0.39, 0.29) is 6.04 Å². The fourth-order valence-corrected chi connectivity index (χ4v) is 1.82. The molecule has 0 radical (unpaired) electrons. The number of hydrogen-bond donors (Lipinski definition) is 1. The molecule has 1 unspecified atom stereocenters. The maximum absolute atomic E-state index is 5.85. The third kappa shape index (κ3) is 4.02. The van der Waals surface area contributed by atoms with Gasteiger partial charge in [-0.25, -0.2) is 0 Å². The summed E-state index contributed by atoms with van der Waals surface area (Å²) in [6.07, 6.45) is 1.03. The normalized spacial score (nSPS) is 12.8. The van der Waals surface area contributed by atoms with Crippen LogP contribution in [-0.2, 0) is 0 Å². The topological polar surface area (TPSA) is 38.5 Å². The Morgan fingerprint density at radius 3 is 2.71 bits per heavy atom. The fourth-order valence-electron chi connectivity index (χ4n) is 1.82. The summed E-state index contributed by atoms with van der Waals surface area (Å²) in [7, 11) is 2.09. The fraction of sp³-hybridized carbons (Fsp3) is 0.571. The maximum atomic E-state index is 5.85. The quantitative estimate of drug-likeness (QED) is 0.790. The Bertz CT molecular complexity index is 328. The zero-order chi connectivity index (χ0) is 12.7. The van der Waals surface area contributed by atoms with Crippen molar-refractivity contribution >= 4 is 0 Å². The van der Waals surface area contributed by atoms with Crippen LogP contribution in [0.3, 0.4) is 0 Å². The van der Waals surface area contributed by atoms with E-state index in [9.17, 15) is 0 Å². The maximum Gasteiger partial charge on any atom is 0.119 e. The molecule has 0 aromatic heterocycles. The van der Waals surface area contributed by atoms with Gasteiger partial charge in [0.25, 0.3) is 0 Å². The molecule has 1 aromatic rings. The van der Waals surface area contributed by atoms with Crippen molar-refractivity contribution in [2.75, 3.05) is 26.7 Å². The van der Waals surface area contributed by atoms with Gasteiger partial charge >= 0.3 is 0 Å². The summed E-state index contributed by atoms with van der Waals surface area (Å²) in [5.41, 5.74) is 7.08. The van der Waals surface area contributed by atoms with E-state index < -0.39 is 0 Å². The van der Waals surface area contributed by atoms with Crippen LogP contribution in [0.5, 0.6) is 5.75 Å². The Morgan fingerprint density at radius 1 is 1.35 bits per heavy atom. The third-order valence-electron chi connectivity index (χ3n) is 2.97. The van der Waals surface area contributed by atoms with Crippen LogP contribution in [0.15, 0.2) is 24.3 Å². The van der Waals surface area contributed by atoms with Crippen LogP contribution in [0.1, 0.15) is 31.9 Å². The lowest BCUT2D eigenvalue weighted by molar-refractivity contribution is 0.262. The Balaban J connectivity index is 2.81. The first kappa shape index (κ1) is 14.0. The monoisotopic (exact) mass is 236 g/mol. The second-order valence-corrected chi connectivity index (χ2v) is 4.25. The summed E-state index contributed by atoms with van der Waals surface area (Å²) in [5, 5.41) is 0. The van der Waals surface area contributed by atoms with Gasteiger partial charge in [0.15, 0.2) is 0 Å². The summed E-state index contributed by atoms with van der Waals surface area (Å²) < 4.78 is 5.64. The highest BCUT2D eigenvalue weighted by Gasteiger charge is 2.14. The Morgan fingerprint density at radius 2 is 2.12 bits per heavy atom. The van der Waals surface area contributed by atoms with Crippen LogP contribution < -0.4 is 10.5 Å². The molecule has 0 aliphatic rings. The Labute approximate surface area is 105 Å². The number of hydrogen-bond acceptors (Lipinski definition) is 3. The summed E-state index contributed by atoms with van der Waals surface area (Å²) in [6.45, 7) is 6.63. The summed E-state index contributed by atoms with van der Waals surface area (Å²) in [4.78, 5) is 2.25. The number of ether oxygens (including phenoxy) is 1. The minimum atomic E-state index is 0.269. The molecule has 0 fully saturated rings. The van der Waals surface area contributed by atoms with Crippen LogP contribution in [0.4, 0.5) is 0 Å². The lowest BCUT2D eigenvalue weighted by Gasteiger charge is -2.26. The van der Waals surface area contributed by atoms with Gasteiger partial charge in [0.05, 0.1) is 6.61 Å². The molecule has 0 amide bonds. The van der Waals surface area contributed by atoms with Crippen LogP contribution in [0.2, 0.25) is 0 Å². The predicted octanol–water partition coefficient (Wildman–Crippen LogP) is 2.43. The molecule has 0 saturated heterocycles. The molecule has 1 aromatic carbocycles. The smallest absolute Gasteiger partial charge is 0.119 e. The molecule has 0 heterocycles. The predicted molar refractivity (Wildman–Crippen MR) is 72.3 cm³/mol. The molecule has 3 heteroatoms. The third-order valence-corrected chi connectivity index (χ3v) is 2.97. The van der Waals surface area contributed by atoms with Crippen molar-refractivity contribution in [3.05, 3.63) is 29.8 Å². The first-order chi connectivity index (χ1) is 8.22. The first-order valence-electron chi connectivity index (χ1n) is 6.36.